The highest BCUT2D eigenvalue weighted by Crippen LogP contribution is 2.25. The summed E-state index contributed by atoms with van der Waals surface area (Å²) in [5.74, 6) is -1.78. The molecule has 6 nitrogen and oxygen atoms in total. The summed E-state index contributed by atoms with van der Waals surface area (Å²) in [4.78, 5) is 36.6. The maximum absolute atomic E-state index is 12.5. The number of anilines is 1. The molecular weight excluding hydrogens is 284 g/mol. The number of aliphatic carboxylic acids is 1. The third-order valence-corrected chi connectivity index (χ3v) is 3.93. The van der Waals surface area contributed by atoms with E-state index in [0.717, 1.165) is 0 Å². The standard InChI is InChI=1S/C16H20N2O4/c1-3-14(19)17-12-6-4-5-11(7-12)15(20)18-8-10(2)13(9-18)16(21)22/h4-7,10,13H,3,8-9H2,1-2H3,(H,17,19)(H,21,22)/t10-,13-/m1/s1. The van der Waals surface area contributed by atoms with Crippen LogP contribution in [-0.4, -0.2) is 40.9 Å². The van der Waals surface area contributed by atoms with E-state index >= 15 is 0 Å². The quantitative estimate of drug-likeness (QED) is 0.888. The number of carboxylic acids is 1. The summed E-state index contributed by atoms with van der Waals surface area (Å²) < 4.78 is 0. The third kappa shape index (κ3) is 3.44. The predicted octanol–water partition coefficient (Wildman–Crippen LogP) is 1.83. The van der Waals surface area contributed by atoms with Gasteiger partial charge in [0.05, 0.1) is 5.92 Å². The summed E-state index contributed by atoms with van der Waals surface area (Å²) >= 11 is 0. The second kappa shape index (κ2) is 6.60. The largest absolute Gasteiger partial charge is 0.481 e. The van der Waals surface area contributed by atoms with E-state index in [1.807, 2.05) is 6.92 Å². The van der Waals surface area contributed by atoms with Gasteiger partial charge < -0.3 is 15.3 Å². The summed E-state index contributed by atoms with van der Waals surface area (Å²) in [6.45, 7) is 4.24. The second-order valence-electron chi connectivity index (χ2n) is 5.61. The van der Waals surface area contributed by atoms with Crippen LogP contribution in [0.4, 0.5) is 5.69 Å². The lowest BCUT2D eigenvalue weighted by atomic mass is 9.99. The molecule has 1 fully saturated rings. The molecule has 6 heteroatoms. The SMILES string of the molecule is CCC(=O)Nc1cccc(C(=O)N2C[C@@H](C)[C@H](C(=O)O)C2)c1. The zero-order chi connectivity index (χ0) is 16.3. The molecule has 0 bridgehead atoms. The Balaban J connectivity index is 2.12. The minimum Gasteiger partial charge on any atom is -0.481 e. The Morgan fingerprint density at radius 2 is 2.05 bits per heavy atom. The molecule has 2 amide bonds. The Bertz CT molecular complexity index is 600. The molecule has 118 valence electrons. The summed E-state index contributed by atoms with van der Waals surface area (Å²) in [5.41, 5.74) is 1.02. The van der Waals surface area contributed by atoms with Gasteiger partial charge in [-0.05, 0) is 24.1 Å². The Morgan fingerprint density at radius 1 is 1.32 bits per heavy atom. The summed E-state index contributed by atoms with van der Waals surface area (Å²) in [6, 6.07) is 6.71. The van der Waals surface area contributed by atoms with Crippen molar-refractivity contribution in [2.75, 3.05) is 18.4 Å². The van der Waals surface area contributed by atoms with Crippen LogP contribution in [0.3, 0.4) is 0 Å². The number of rotatable bonds is 4. The Morgan fingerprint density at radius 3 is 2.64 bits per heavy atom. The molecule has 1 heterocycles. The van der Waals surface area contributed by atoms with Crippen LogP contribution in [0, 0.1) is 11.8 Å². The van der Waals surface area contributed by atoms with E-state index in [9.17, 15) is 14.4 Å². The average molecular weight is 304 g/mol. The van der Waals surface area contributed by atoms with Gasteiger partial charge >= 0.3 is 5.97 Å². The van der Waals surface area contributed by atoms with Crippen LogP contribution in [0.2, 0.25) is 0 Å². The van der Waals surface area contributed by atoms with Crippen molar-refractivity contribution in [1.82, 2.24) is 4.90 Å². The Hall–Kier alpha value is -2.37. The van der Waals surface area contributed by atoms with Crippen molar-refractivity contribution in [2.45, 2.75) is 20.3 Å². The molecule has 0 aliphatic carbocycles. The number of nitrogens with one attached hydrogen (secondary N) is 1. The van der Waals surface area contributed by atoms with Crippen LogP contribution in [0.5, 0.6) is 0 Å². The van der Waals surface area contributed by atoms with E-state index < -0.39 is 11.9 Å². The van der Waals surface area contributed by atoms with Crippen molar-refractivity contribution in [2.24, 2.45) is 11.8 Å². The molecule has 0 saturated carbocycles. The molecule has 2 rings (SSSR count). The van der Waals surface area contributed by atoms with Crippen molar-refractivity contribution in [1.29, 1.82) is 0 Å². The lowest BCUT2D eigenvalue weighted by molar-refractivity contribution is -0.142. The van der Waals surface area contributed by atoms with Crippen molar-refractivity contribution in [3.05, 3.63) is 29.8 Å². The van der Waals surface area contributed by atoms with Crippen LogP contribution in [0.1, 0.15) is 30.6 Å². The van der Waals surface area contributed by atoms with E-state index in [2.05, 4.69) is 5.32 Å². The van der Waals surface area contributed by atoms with Crippen LogP contribution in [0.15, 0.2) is 24.3 Å². The molecule has 1 aromatic carbocycles. The number of hydrogen-bond donors (Lipinski definition) is 2. The zero-order valence-electron chi connectivity index (χ0n) is 12.7. The summed E-state index contributed by atoms with van der Waals surface area (Å²) in [6.07, 6.45) is 0.363. The number of carbonyl (C=O) groups excluding carboxylic acids is 2. The Labute approximate surface area is 129 Å². The number of amides is 2. The van der Waals surface area contributed by atoms with Gasteiger partial charge in [0.25, 0.3) is 5.91 Å². The maximum Gasteiger partial charge on any atom is 0.308 e. The van der Waals surface area contributed by atoms with E-state index in [1.165, 1.54) is 0 Å². The van der Waals surface area contributed by atoms with Crippen molar-refractivity contribution in [3.8, 4) is 0 Å². The molecule has 0 spiro atoms. The minimum absolute atomic E-state index is 0.0653. The van der Waals surface area contributed by atoms with Gasteiger partial charge in [0, 0.05) is 30.8 Å². The van der Waals surface area contributed by atoms with Crippen LogP contribution < -0.4 is 5.32 Å². The smallest absolute Gasteiger partial charge is 0.308 e. The first kappa shape index (κ1) is 16.0. The number of carbonyl (C=O) groups is 3. The summed E-state index contributed by atoms with van der Waals surface area (Å²) in [7, 11) is 0. The van der Waals surface area contributed by atoms with Crippen molar-refractivity contribution >= 4 is 23.5 Å². The first-order valence-electron chi connectivity index (χ1n) is 7.34. The van der Waals surface area contributed by atoms with E-state index in [4.69, 9.17) is 5.11 Å². The average Bonchev–Trinajstić information content (AvgIpc) is 2.88. The molecular formula is C16H20N2O4. The number of likely N-dealkylation sites (tertiary alicyclic amines) is 1. The lowest BCUT2D eigenvalue weighted by Crippen LogP contribution is -2.30. The zero-order valence-corrected chi connectivity index (χ0v) is 12.7. The number of hydrogen-bond acceptors (Lipinski definition) is 3. The molecule has 1 aliphatic rings. The van der Waals surface area contributed by atoms with Gasteiger partial charge in [-0.2, -0.15) is 0 Å². The number of nitrogens with zero attached hydrogens (tertiary/aromatic N) is 1. The van der Waals surface area contributed by atoms with Gasteiger partial charge in [-0.15, -0.1) is 0 Å². The third-order valence-electron chi connectivity index (χ3n) is 3.93. The molecule has 1 aliphatic heterocycles. The van der Waals surface area contributed by atoms with Gasteiger partial charge in [0.2, 0.25) is 5.91 Å². The van der Waals surface area contributed by atoms with Crippen molar-refractivity contribution in [3.63, 3.8) is 0 Å². The molecule has 2 N–H and O–H groups in total. The predicted molar refractivity (Wildman–Crippen MR) is 81.6 cm³/mol. The highest BCUT2D eigenvalue weighted by molar-refractivity contribution is 5.97. The van der Waals surface area contributed by atoms with Gasteiger partial charge in [-0.1, -0.05) is 19.9 Å². The van der Waals surface area contributed by atoms with Crippen LogP contribution in [0.25, 0.3) is 0 Å². The highest BCUT2D eigenvalue weighted by atomic mass is 16.4. The van der Waals surface area contributed by atoms with Gasteiger partial charge in [0.15, 0.2) is 0 Å². The molecule has 22 heavy (non-hydrogen) atoms. The van der Waals surface area contributed by atoms with Gasteiger partial charge in [-0.25, -0.2) is 0 Å². The molecule has 2 atom stereocenters. The van der Waals surface area contributed by atoms with E-state index in [-0.39, 0.29) is 24.3 Å². The number of carboxylic acid groups (broad SMARTS) is 1. The highest BCUT2D eigenvalue weighted by Gasteiger charge is 2.37. The van der Waals surface area contributed by atoms with Crippen LogP contribution in [-0.2, 0) is 9.59 Å². The molecule has 1 saturated heterocycles. The second-order valence-corrected chi connectivity index (χ2v) is 5.61. The maximum atomic E-state index is 12.5. The normalized spacial score (nSPS) is 20.7. The fraction of sp³-hybridized carbons (Fsp3) is 0.438. The van der Waals surface area contributed by atoms with Crippen LogP contribution >= 0.6 is 0 Å². The van der Waals surface area contributed by atoms with Gasteiger partial charge in [-0.3, -0.25) is 14.4 Å². The van der Waals surface area contributed by atoms with Crippen molar-refractivity contribution < 1.29 is 19.5 Å². The summed E-state index contributed by atoms with van der Waals surface area (Å²) in [5, 5.41) is 11.8. The lowest BCUT2D eigenvalue weighted by Gasteiger charge is -2.16. The van der Waals surface area contributed by atoms with E-state index in [1.54, 1.807) is 36.1 Å². The molecule has 0 aromatic heterocycles. The van der Waals surface area contributed by atoms with Gasteiger partial charge in [0.1, 0.15) is 0 Å². The minimum atomic E-state index is -0.869. The fourth-order valence-electron chi connectivity index (χ4n) is 2.62. The first-order valence-corrected chi connectivity index (χ1v) is 7.34. The van der Waals surface area contributed by atoms with E-state index in [0.29, 0.717) is 24.2 Å². The molecule has 0 radical (unpaired) electrons. The molecule has 0 unspecified atom stereocenters. The topological polar surface area (TPSA) is 86.7 Å². The monoisotopic (exact) mass is 304 g/mol. The molecule has 1 aromatic rings. The first-order chi connectivity index (χ1) is 10.4. The fourth-order valence-corrected chi connectivity index (χ4v) is 2.62. The number of benzene rings is 1. The Kier molecular flexibility index (Phi) is 4.80.